The Labute approximate surface area is 127 Å². The highest BCUT2D eigenvalue weighted by molar-refractivity contribution is 7.92. The smallest absolute Gasteiger partial charge is 0.274 e. The van der Waals surface area contributed by atoms with Gasteiger partial charge >= 0.3 is 0 Å². The topological polar surface area (TPSA) is 99.9 Å². The molecule has 0 unspecified atom stereocenters. The molecule has 0 aliphatic carbocycles. The Kier molecular flexibility index (Phi) is 4.41. The Balaban J connectivity index is 2.21. The standard InChI is InChI=1S/C14H11N3O4S/c1-15-11-6-8-13(9-7-11)22(20,21)17-12-4-2-10(3-5-12)14(18)16-19/h2-9,17,19H,(H,16,18). The molecule has 22 heavy (non-hydrogen) atoms. The van der Waals surface area contributed by atoms with Crippen molar-refractivity contribution in [1.29, 1.82) is 0 Å². The lowest BCUT2D eigenvalue weighted by Gasteiger charge is -2.08. The Morgan fingerprint density at radius 3 is 2.14 bits per heavy atom. The average Bonchev–Trinajstić information content (AvgIpc) is 2.54. The first-order valence-electron chi connectivity index (χ1n) is 6.01. The summed E-state index contributed by atoms with van der Waals surface area (Å²) in [6, 6.07) is 11.0. The predicted molar refractivity (Wildman–Crippen MR) is 79.2 cm³/mol. The molecule has 7 nitrogen and oxygen atoms in total. The number of carbonyl (C=O) groups excluding carboxylic acids is 1. The Morgan fingerprint density at radius 2 is 1.64 bits per heavy atom. The Bertz CT molecular complexity index is 822. The van der Waals surface area contributed by atoms with E-state index < -0.39 is 15.9 Å². The van der Waals surface area contributed by atoms with Crippen LogP contribution in [0, 0.1) is 6.57 Å². The zero-order valence-corrected chi connectivity index (χ0v) is 12.0. The van der Waals surface area contributed by atoms with Gasteiger partial charge in [-0.1, -0.05) is 24.3 Å². The quantitative estimate of drug-likeness (QED) is 0.457. The van der Waals surface area contributed by atoms with E-state index in [1.165, 1.54) is 54.0 Å². The minimum atomic E-state index is -3.78. The number of carbonyl (C=O) groups is 1. The monoisotopic (exact) mass is 317 g/mol. The normalized spacial score (nSPS) is 10.5. The van der Waals surface area contributed by atoms with Gasteiger partial charge in [-0.05, 0) is 24.3 Å². The third-order valence-corrected chi connectivity index (χ3v) is 4.17. The molecule has 112 valence electrons. The van der Waals surface area contributed by atoms with E-state index in [2.05, 4.69) is 9.57 Å². The van der Waals surface area contributed by atoms with Gasteiger partial charge in [0.25, 0.3) is 15.9 Å². The van der Waals surface area contributed by atoms with Crippen LogP contribution in [-0.2, 0) is 10.0 Å². The number of nitrogens with zero attached hydrogens (tertiary/aromatic N) is 1. The van der Waals surface area contributed by atoms with Crippen LogP contribution in [-0.4, -0.2) is 19.5 Å². The van der Waals surface area contributed by atoms with Gasteiger partial charge < -0.3 is 0 Å². The van der Waals surface area contributed by atoms with Gasteiger partial charge in [-0.2, -0.15) is 0 Å². The molecule has 1 amide bonds. The van der Waals surface area contributed by atoms with Gasteiger partial charge in [0.15, 0.2) is 5.69 Å². The van der Waals surface area contributed by atoms with E-state index in [1.54, 1.807) is 0 Å². The molecule has 0 radical (unpaired) electrons. The first-order chi connectivity index (χ1) is 10.5. The fourth-order valence-corrected chi connectivity index (χ4v) is 2.73. The molecular weight excluding hydrogens is 306 g/mol. The lowest BCUT2D eigenvalue weighted by atomic mass is 10.2. The van der Waals surface area contributed by atoms with E-state index >= 15 is 0 Å². The van der Waals surface area contributed by atoms with E-state index in [0.717, 1.165) is 0 Å². The van der Waals surface area contributed by atoms with E-state index in [4.69, 9.17) is 11.8 Å². The second-order valence-corrected chi connectivity index (χ2v) is 5.91. The second-order valence-electron chi connectivity index (χ2n) is 4.23. The fourth-order valence-electron chi connectivity index (χ4n) is 1.67. The van der Waals surface area contributed by atoms with Crippen LogP contribution in [0.15, 0.2) is 53.4 Å². The van der Waals surface area contributed by atoms with Gasteiger partial charge in [-0.3, -0.25) is 14.7 Å². The molecule has 2 rings (SSSR count). The van der Waals surface area contributed by atoms with Crippen molar-refractivity contribution < 1.29 is 18.4 Å². The lowest BCUT2D eigenvalue weighted by molar-refractivity contribution is 0.0706. The zero-order chi connectivity index (χ0) is 16.2. The van der Waals surface area contributed by atoms with Gasteiger partial charge in [0.1, 0.15) is 0 Å². The fraction of sp³-hybridized carbons (Fsp3) is 0. The highest BCUT2D eigenvalue weighted by Gasteiger charge is 2.14. The molecule has 8 heteroatoms. The number of hydrogen-bond donors (Lipinski definition) is 3. The largest absolute Gasteiger partial charge is 0.288 e. The maximum Gasteiger partial charge on any atom is 0.274 e. The van der Waals surface area contributed by atoms with Crippen LogP contribution in [0.4, 0.5) is 11.4 Å². The van der Waals surface area contributed by atoms with Crippen LogP contribution in [0.25, 0.3) is 4.85 Å². The van der Waals surface area contributed by atoms with E-state index in [-0.39, 0.29) is 16.1 Å². The van der Waals surface area contributed by atoms with Crippen molar-refractivity contribution in [3.8, 4) is 0 Å². The number of hydrogen-bond acceptors (Lipinski definition) is 4. The summed E-state index contributed by atoms with van der Waals surface area (Å²) in [5.41, 5.74) is 2.28. The molecule has 0 bridgehead atoms. The lowest BCUT2D eigenvalue weighted by Crippen LogP contribution is -2.18. The summed E-state index contributed by atoms with van der Waals surface area (Å²) in [6.07, 6.45) is 0. The molecule has 0 aromatic heterocycles. The van der Waals surface area contributed by atoms with E-state index in [1.807, 2.05) is 0 Å². The van der Waals surface area contributed by atoms with Gasteiger partial charge in [-0.15, -0.1) is 0 Å². The zero-order valence-electron chi connectivity index (χ0n) is 11.1. The van der Waals surface area contributed by atoms with E-state index in [0.29, 0.717) is 5.69 Å². The summed E-state index contributed by atoms with van der Waals surface area (Å²) >= 11 is 0. The number of nitrogens with one attached hydrogen (secondary N) is 2. The summed E-state index contributed by atoms with van der Waals surface area (Å²) in [6.45, 7) is 6.83. The van der Waals surface area contributed by atoms with Crippen LogP contribution < -0.4 is 10.2 Å². The van der Waals surface area contributed by atoms with Gasteiger partial charge in [0.05, 0.1) is 11.5 Å². The SMILES string of the molecule is [C-]#[N+]c1ccc(S(=O)(=O)Nc2ccc(C(=O)NO)cc2)cc1. The number of sulfonamides is 1. The van der Waals surface area contributed by atoms with Crippen molar-refractivity contribution in [1.82, 2.24) is 5.48 Å². The number of anilines is 1. The Hall–Kier alpha value is -2.89. The van der Waals surface area contributed by atoms with Crippen LogP contribution in [0.5, 0.6) is 0 Å². The molecule has 3 N–H and O–H groups in total. The molecule has 0 atom stereocenters. The van der Waals surface area contributed by atoms with Crippen LogP contribution in [0.2, 0.25) is 0 Å². The highest BCUT2D eigenvalue weighted by Crippen LogP contribution is 2.19. The van der Waals surface area contributed by atoms with Crippen LogP contribution >= 0.6 is 0 Å². The molecule has 0 aliphatic heterocycles. The maximum atomic E-state index is 12.2. The first-order valence-corrected chi connectivity index (χ1v) is 7.49. The number of amides is 1. The molecule has 0 aliphatic rings. The first kappa shape index (κ1) is 15.5. The molecule has 2 aromatic carbocycles. The summed E-state index contributed by atoms with van der Waals surface area (Å²) in [5, 5.41) is 8.50. The van der Waals surface area contributed by atoms with Crippen molar-refractivity contribution in [2.24, 2.45) is 0 Å². The third-order valence-electron chi connectivity index (χ3n) is 2.78. The number of rotatable bonds is 4. The molecule has 0 heterocycles. The van der Waals surface area contributed by atoms with Gasteiger partial charge in [0.2, 0.25) is 0 Å². The van der Waals surface area contributed by atoms with Crippen molar-refractivity contribution in [3.05, 3.63) is 65.5 Å². The van der Waals surface area contributed by atoms with Crippen molar-refractivity contribution in [3.63, 3.8) is 0 Å². The summed E-state index contributed by atoms with van der Waals surface area (Å²) in [4.78, 5) is 14.4. The van der Waals surface area contributed by atoms with Crippen molar-refractivity contribution in [2.75, 3.05) is 4.72 Å². The number of benzene rings is 2. The Morgan fingerprint density at radius 1 is 1.05 bits per heavy atom. The second kappa shape index (κ2) is 6.26. The minimum Gasteiger partial charge on any atom is -0.288 e. The minimum absolute atomic E-state index is 0.0251. The number of hydroxylamine groups is 1. The highest BCUT2D eigenvalue weighted by atomic mass is 32.2. The van der Waals surface area contributed by atoms with Crippen molar-refractivity contribution >= 4 is 27.3 Å². The van der Waals surface area contributed by atoms with Crippen LogP contribution in [0.1, 0.15) is 10.4 Å². The predicted octanol–water partition coefficient (Wildman–Crippen LogP) is 2.16. The summed E-state index contributed by atoms with van der Waals surface area (Å²) in [5.74, 6) is -0.691. The van der Waals surface area contributed by atoms with Gasteiger partial charge in [0, 0.05) is 11.3 Å². The average molecular weight is 317 g/mol. The molecule has 0 fully saturated rings. The molecule has 0 saturated heterocycles. The van der Waals surface area contributed by atoms with Crippen molar-refractivity contribution in [2.45, 2.75) is 4.90 Å². The maximum absolute atomic E-state index is 12.2. The molecule has 0 spiro atoms. The van der Waals surface area contributed by atoms with E-state index in [9.17, 15) is 13.2 Å². The molecule has 0 saturated carbocycles. The molecular formula is C14H11N3O4S. The summed E-state index contributed by atoms with van der Waals surface area (Å²) < 4.78 is 26.7. The molecule has 2 aromatic rings. The summed E-state index contributed by atoms with van der Waals surface area (Å²) in [7, 11) is -3.78. The van der Waals surface area contributed by atoms with Gasteiger partial charge in [-0.25, -0.2) is 18.7 Å². The van der Waals surface area contributed by atoms with Crippen LogP contribution in [0.3, 0.4) is 0 Å². The third kappa shape index (κ3) is 3.41.